The molecule has 1 aromatic heterocycles. The Hall–Kier alpha value is -2.64. The summed E-state index contributed by atoms with van der Waals surface area (Å²) in [5, 5.41) is 0.597. The fraction of sp³-hybridized carbons (Fsp3) is 0.435. The second-order valence-corrected chi connectivity index (χ2v) is 8.10. The topological polar surface area (TPSA) is 82.7 Å². The minimum absolute atomic E-state index is 0.0375. The van der Waals surface area contributed by atoms with E-state index in [0.29, 0.717) is 53.7 Å². The number of aryl methyl sites for hydroxylation is 1. The van der Waals surface area contributed by atoms with Gasteiger partial charge in [0.15, 0.2) is 5.78 Å². The molecular formula is C23H28ClN3O4. The Morgan fingerprint density at radius 2 is 1.77 bits per heavy atom. The van der Waals surface area contributed by atoms with E-state index >= 15 is 0 Å². The van der Waals surface area contributed by atoms with Crippen molar-refractivity contribution in [1.29, 1.82) is 0 Å². The molecule has 2 heterocycles. The minimum Gasteiger partial charge on any atom is -0.461 e. The number of hydrogen-bond donors (Lipinski definition) is 1. The SMILES string of the molecule is CCOC(=O)c1[nH]c(C)c(C(=O)CN2CCN(C(=O)Cc3ccccc3Cl)CC2)c1C. The molecular weight excluding hydrogens is 418 g/mol. The molecule has 31 heavy (non-hydrogen) atoms. The number of ketones is 1. The van der Waals surface area contributed by atoms with Gasteiger partial charge >= 0.3 is 5.97 Å². The predicted molar refractivity (Wildman–Crippen MR) is 119 cm³/mol. The Kier molecular flexibility index (Phi) is 7.51. The highest BCUT2D eigenvalue weighted by molar-refractivity contribution is 6.31. The normalized spacial score (nSPS) is 14.5. The van der Waals surface area contributed by atoms with Gasteiger partial charge in [-0.3, -0.25) is 14.5 Å². The van der Waals surface area contributed by atoms with Gasteiger partial charge in [-0.2, -0.15) is 0 Å². The van der Waals surface area contributed by atoms with Crippen LogP contribution in [0, 0.1) is 13.8 Å². The van der Waals surface area contributed by atoms with E-state index in [1.54, 1.807) is 26.8 Å². The van der Waals surface area contributed by atoms with Crippen LogP contribution < -0.4 is 0 Å². The molecule has 7 nitrogen and oxygen atoms in total. The van der Waals surface area contributed by atoms with Crippen molar-refractivity contribution in [3.8, 4) is 0 Å². The summed E-state index contributed by atoms with van der Waals surface area (Å²) in [7, 11) is 0. The standard InChI is InChI=1S/C23H28ClN3O4/c1-4-31-23(30)22-15(2)21(16(3)25-22)19(28)14-26-9-11-27(12-10-26)20(29)13-17-7-5-6-8-18(17)24/h5-8,25H,4,9-14H2,1-3H3. The molecule has 1 fully saturated rings. The van der Waals surface area contributed by atoms with Gasteiger partial charge in [-0.1, -0.05) is 29.8 Å². The van der Waals surface area contributed by atoms with Gasteiger partial charge in [0, 0.05) is 42.5 Å². The number of esters is 1. The third-order valence-corrected chi connectivity index (χ3v) is 5.96. The van der Waals surface area contributed by atoms with Gasteiger partial charge in [0.1, 0.15) is 5.69 Å². The molecule has 1 aliphatic heterocycles. The molecule has 1 aliphatic rings. The number of carbonyl (C=O) groups is 3. The molecule has 0 saturated carbocycles. The van der Waals surface area contributed by atoms with Crippen LogP contribution in [-0.4, -0.2) is 71.8 Å². The summed E-state index contributed by atoms with van der Waals surface area (Å²) in [6.07, 6.45) is 0.275. The van der Waals surface area contributed by atoms with Gasteiger partial charge in [0.25, 0.3) is 0 Å². The number of hydrogen-bond acceptors (Lipinski definition) is 5. The highest BCUT2D eigenvalue weighted by atomic mass is 35.5. The first-order valence-corrected chi connectivity index (χ1v) is 10.8. The highest BCUT2D eigenvalue weighted by Crippen LogP contribution is 2.21. The molecule has 1 aromatic carbocycles. The molecule has 8 heteroatoms. The van der Waals surface area contributed by atoms with E-state index in [1.165, 1.54) is 0 Å². The number of nitrogens with zero attached hydrogens (tertiary/aromatic N) is 2. The van der Waals surface area contributed by atoms with E-state index in [0.717, 1.165) is 5.56 Å². The summed E-state index contributed by atoms with van der Waals surface area (Å²) in [6.45, 7) is 8.18. The van der Waals surface area contributed by atoms with Crippen LogP contribution in [0.3, 0.4) is 0 Å². The van der Waals surface area contributed by atoms with Crippen LogP contribution in [0.1, 0.15) is 44.6 Å². The molecule has 1 amide bonds. The third-order valence-electron chi connectivity index (χ3n) is 5.59. The smallest absolute Gasteiger partial charge is 0.355 e. The van der Waals surface area contributed by atoms with Crippen molar-refractivity contribution in [2.24, 2.45) is 0 Å². The van der Waals surface area contributed by atoms with Gasteiger partial charge in [-0.25, -0.2) is 4.79 Å². The zero-order valence-electron chi connectivity index (χ0n) is 18.2. The Morgan fingerprint density at radius 3 is 2.42 bits per heavy atom. The van der Waals surface area contributed by atoms with Crippen LogP contribution in [0.5, 0.6) is 0 Å². The van der Waals surface area contributed by atoms with Crippen LogP contribution in [0.2, 0.25) is 5.02 Å². The fourth-order valence-corrected chi connectivity index (χ4v) is 4.13. The van der Waals surface area contributed by atoms with Crippen molar-refractivity contribution in [3.05, 3.63) is 57.4 Å². The number of aromatic nitrogens is 1. The first-order chi connectivity index (χ1) is 14.8. The Balaban J connectivity index is 1.56. The monoisotopic (exact) mass is 445 g/mol. The van der Waals surface area contributed by atoms with Gasteiger partial charge < -0.3 is 14.6 Å². The number of Topliss-reactive ketones (excluding diaryl/α,β-unsaturated/α-hetero) is 1. The molecule has 0 aliphatic carbocycles. The fourth-order valence-electron chi connectivity index (χ4n) is 3.93. The summed E-state index contributed by atoms with van der Waals surface area (Å²) in [4.78, 5) is 44.5. The van der Waals surface area contributed by atoms with Crippen LogP contribution in [0.4, 0.5) is 0 Å². The summed E-state index contributed by atoms with van der Waals surface area (Å²) < 4.78 is 5.05. The summed E-state index contributed by atoms with van der Waals surface area (Å²) in [5.74, 6) is -0.457. The van der Waals surface area contributed by atoms with Crippen LogP contribution >= 0.6 is 11.6 Å². The number of ether oxygens (including phenoxy) is 1. The molecule has 0 bridgehead atoms. The second-order valence-electron chi connectivity index (χ2n) is 7.69. The van der Waals surface area contributed by atoms with Crippen LogP contribution in [0.25, 0.3) is 0 Å². The number of benzene rings is 1. The van der Waals surface area contributed by atoms with Gasteiger partial charge in [0.2, 0.25) is 5.91 Å². The average Bonchev–Trinajstić information content (AvgIpc) is 3.04. The molecule has 0 radical (unpaired) electrons. The number of halogens is 1. The van der Waals surface area contributed by atoms with E-state index in [1.807, 2.05) is 28.0 Å². The van der Waals surface area contributed by atoms with E-state index in [2.05, 4.69) is 4.98 Å². The van der Waals surface area contributed by atoms with Crippen molar-refractivity contribution < 1.29 is 19.1 Å². The maximum absolute atomic E-state index is 12.9. The lowest BCUT2D eigenvalue weighted by Crippen LogP contribution is -2.50. The molecule has 2 aromatic rings. The lowest BCUT2D eigenvalue weighted by molar-refractivity contribution is -0.132. The quantitative estimate of drug-likeness (QED) is 0.523. The first-order valence-electron chi connectivity index (χ1n) is 10.4. The molecule has 0 unspecified atom stereocenters. The van der Waals surface area contributed by atoms with Crippen LogP contribution in [0.15, 0.2) is 24.3 Å². The zero-order valence-corrected chi connectivity index (χ0v) is 18.9. The largest absolute Gasteiger partial charge is 0.461 e. The third kappa shape index (κ3) is 5.35. The van der Waals surface area contributed by atoms with Crippen molar-refractivity contribution in [3.63, 3.8) is 0 Å². The number of H-pyrrole nitrogens is 1. The number of nitrogens with one attached hydrogen (secondary N) is 1. The predicted octanol–water partition coefficient (Wildman–Crippen LogP) is 3.03. The Bertz CT molecular complexity index is 977. The lowest BCUT2D eigenvalue weighted by Gasteiger charge is -2.34. The van der Waals surface area contributed by atoms with Crippen molar-refractivity contribution in [2.45, 2.75) is 27.2 Å². The second kappa shape index (κ2) is 10.1. The number of piperazine rings is 1. The van der Waals surface area contributed by atoms with E-state index < -0.39 is 5.97 Å². The van der Waals surface area contributed by atoms with E-state index in [4.69, 9.17) is 16.3 Å². The van der Waals surface area contributed by atoms with Crippen molar-refractivity contribution in [2.75, 3.05) is 39.3 Å². The maximum atomic E-state index is 12.9. The van der Waals surface area contributed by atoms with Crippen LogP contribution in [-0.2, 0) is 16.0 Å². The van der Waals surface area contributed by atoms with Gasteiger partial charge in [-0.05, 0) is 38.0 Å². The van der Waals surface area contributed by atoms with Crippen molar-refractivity contribution >= 4 is 29.3 Å². The molecule has 3 rings (SSSR count). The maximum Gasteiger partial charge on any atom is 0.355 e. The number of rotatable bonds is 7. The first kappa shape index (κ1) is 23.0. The number of amides is 1. The van der Waals surface area contributed by atoms with Crippen molar-refractivity contribution in [1.82, 2.24) is 14.8 Å². The highest BCUT2D eigenvalue weighted by Gasteiger charge is 2.26. The summed E-state index contributed by atoms with van der Waals surface area (Å²) in [6, 6.07) is 7.36. The van der Waals surface area contributed by atoms with Gasteiger partial charge in [0.05, 0.1) is 19.6 Å². The molecule has 0 atom stereocenters. The number of aromatic amines is 1. The van der Waals surface area contributed by atoms with E-state index in [9.17, 15) is 14.4 Å². The molecule has 1 N–H and O–H groups in total. The molecule has 166 valence electrons. The lowest BCUT2D eigenvalue weighted by atomic mass is 10.0. The summed E-state index contributed by atoms with van der Waals surface area (Å²) >= 11 is 6.16. The average molecular weight is 446 g/mol. The summed E-state index contributed by atoms with van der Waals surface area (Å²) in [5.41, 5.74) is 2.98. The Labute approximate surface area is 187 Å². The van der Waals surface area contributed by atoms with E-state index in [-0.39, 0.29) is 31.3 Å². The minimum atomic E-state index is -0.451. The molecule has 0 spiro atoms. The van der Waals surface area contributed by atoms with Gasteiger partial charge in [-0.15, -0.1) is 0 Å². The zero-order chi connectivity index (χ0) is 22.5. The Morgan fingerprint density at radius 1 is 1.10 bits per heavy atom. The number of carbonyl (C=O) groups excluding carboxylic acids is 3. The molecule has 1 saturated heterocycles.